The molecule has 0 unspecified atom stereocenters. The second-order valence-electron chi connectivity index (χ2n) is 2.14. The van der Waals surface area contributed by atoms with Gasteiger partial charge in [0.25, 0.3) is 0 Å². The molecule has 1 aromatic carbocycles. The summed E-state index contributed by atoms with van der Waals surface area (Å²) < 4.78 is 5.07. The fraction of sp³-hybridized carbons (Fsp3) is 0. The summed E-state index contributed by atoms with van der Waals surface area (Å²) in [4.78, 5) is 0. The first-order chi connectivity index (χ1) is 5.42. The number of nitriles is 1. The monoisotopic (exact) mass is 160 g/mol. The van der Waals surface area contributed by atoms with E-state index in [4.69, 9.17) is 5.26 Å². The van der Waals surface area contributed by atoms with E-state index in [2.05, 4.69) is 4.37 Å². The normalized spacial score (nSPS) is 9.73. The number of hydrogen-bond acceptors (Lipinski definition) is 3. The lowest BCUT2D eigenvalue weighted by Crippen LogP contribution is -1.69. The van der Waals surface area contributed by atoms with E-state index in [1.807, 2.05) is 30.3 Å². The van der Waals surface area contributed by atoms with Crippen molar-refractivity contribution in [2.45, 2.75) is 0 Å². The van der Waals surface area contributed by atoms with Crippen molar-refractivity contribution in [3.05, 3.63) is 30.0 Å². The van der Waals surface area contributed by atoms with Crippen LogP contribution in [0.1, 0.15) is 5.69 Å². The third-order valence-corrected chi connectivity index (χ3v) is 2.31. The lowest BCUT2D eigenvalue weighted by atomic mass is 10.2. The van der Waals surface area contributed by atoms with Crippen LogP contribution in [0.15, 0.2) is 24.3 Å². The fourth-order valence-corrected chi connectivity index (χ4v) is 1.70. The smallest absolute Gasteiger partial charge is 0.162 e. The van der Waals surface area contributed by atoms with Crippen LogP contribution in [-0.4, -0.2) is 4.37 Å². The summed E-state index contributed by atoms with van der Waals surface area (Å²) in [5.41, 5.74) is 0.533. The predicted octanol–water partition coefficient (Wildman–Crippen LogP) is 2.17. The Labute approximate surface area is 67.9 Å². The second-order valence-corrected chi connectivity index (χ2v) is 2.94. The molecule has 0 N–H and O–H groups in total. The highest BCUT2D eigenvalue weighted by molar-refractivity contribution is 7.13. The molecule has 0 aliphatic heterocycles. The van der Waals surface area contributed by atoms with Gasteiger partial charge in [-0.25, -0.2) is 0 Å². The van der Waals surface area contributed by atoms with Gasteiger partial charge in [0.2, 0.25) is 0 Å². The maximum Gasteiger partial charge on any atom is 0.162 e. The van der Waals surface area contributed by atoms with Gasteiger partial charge in [0.1, 0.15) is 6.07 Å². The van der Waals surface area contributed by atoms with Crippen molar-refractivity contribution in [1.29, 1.82) is 5.26 Å². The van der Waals surface area contributed by atoms with Crippen LogP contribution in [0, 0.1) is 11.3 Å². The Bertz CT molecular complexity index is 425. The molecule has 0 radical (unpaired) electrons. The van der Waals surface area contributed by atoms with E-state index in [1.54, 1.807) is 0 Å². The van der Waals surface area contributed by atoms with Gasteiger partial charge in [-0.15, -0.1) is 0 Å². The minimum absolute atomic E-state index is 0.533. The van der Waals surface area contributed by atoms with E-state index < -0.39 is 0 Å². The van der Waals surface area contributed by atoms with Crippen molar-refractivity contribution >= 4 is 21.6 Å². The number of nitrogens with zero attached hydrogens (tertiary/aromatic N) is 2. The van der Waals surface area contributed by atoms with E-state index in [0.29, 0.717) is 5.69 Å². The summed E-state index contributed by atoms with van der Waals surface area (Å²) in [6, 6.07) is 9.79. The number of benzene rings is 1. The molecule has 2 aromatic rings. The van der Waals surface area contributed by atoms with Gasteiger partial charge in [-0.2, -0.15) is 9.64 Å². The first-order valence-corrected chi connectivity index (χ1v) is 3.93. The maximum atomic E-state index is 8.62. The minimum atomic E-state index is 0.533. The summed E-state index contributed by atoms with van der Waals surface area (Å²) in [6.07, 6.45) is 0. The summed E-state index contributed by atoms with van der Waals surface area (Å²) >= 11 is 1.37. The molecular formula is C8H4N2S. The molecule has 0 aliphatic rings. The Hall–Kier alpha value is -1.40. The first-order valence-electron chi connectivity index (χ1n) is 3.16. The van der Waals surface area contributed by atoms with Crippen LogP contribution in [0.3, 0.4) is 0 Å². The van der Waals surface area contributed by atoms with Gasteiger partial charge in [0, 0.05) is 5.39 Å². The molecular weight excluding hydrogens is 156 g/mol. The van der Waals surface area contributed by atoms with Crippen LogP contribution in [0.5, 0.6) is 0 Å². The van der Waals surface area contributed by atoms with Gasteiger partial charge in [-0.3, -0.25) is 0 Å². The molecule has 1 heterocycles. The Kier molecular flexibility index (Phi) is 1.34. The van der Waals surface area contributed by atoms with Crippen LogP contribution in [0.25, 0.3) is 10.1 Å². The van der Waals surface area contributed by atoms with Crippen molar-refractivity contribution in [3.63, 3.8) is 0 Å². The van der Waals surface area contributed by atoms with Crippen LogP contribution in [0.2, 0.25) is 0 Å². The molecule has 0 atom stereocenters. The predicted molar refractivity (Wildman–Crippen MR) is 44.3 cm³/mol. The highest BCUT2D eigenvalue weighted by Gasteiger charge is 2.01. The Morgan fingerprint density at radius 2 is 2.18 bits per heavy atom. The van der Waals surface area contributed by atoms with Gasteiger partial charge in [0.05, 0.1) is 4.70 Å². The average molecular weight is 160 g/mol. The molecule has 0 fully saturated rings. The zero-order valence-corrected chi connectivity index (χ0v) is 6.43. The molecule has 2 nitrogen and oxygen atoms in total. The number of fused-ring (bicyclic) bond motifs is 1. The van der Waals surface area contributed by atoms with E-state index in [1.165, 1.54) is 11.5 Å². The molecule has 0 amide bonds. The molecule has 0 bridgehead atoms. The maximum absolute atomic E-state index is 8.62. The lowest BCUT2D eigenvalue weighted by molar-refractivity contribution is 1.43. The second kappa shape index (κ2) is 2.33. The van der Waals surface area contributed by atoms with E-state index >= 15 is 0 Å². The van der Waals surface area contributed by atoms with Gasteiger partial charge < -0.3 is 0 Å². The topological polar surface area (TPSA) is 36.7 Å². The summed E-state index contributed by atoms with van der Waals surface area (Å²) in [7, 11) is 0. The van der Waals surface area contributed by atoms with E-state index in [-0.39, 0.29) is 0 Å². The van der Waals surface area contributed by atoms with Crippen molar-refractivity contribution in [1.82, 2.24) is 4.37 Å². The summed E-state index contributed by atoms with van der Waals surface area (Å²) in [5.74, 6) is 0. The summed E-state index contributed by atoms with van der Waals surface area (Å²) in [6.45, 7) is 0. The molecule has 0 saturated heterocycles. The molecule has 0 aliphatic carbocycles. The SMILES string of the molecule is N#Cc1nsc2ccccc12. The van der Waals surface area contributed by atoms with Crippen LogP contribution >= 0.6 is 11.5 Å². The third-order valence-electron chi connectivity index (χ3n) is 1.48. The standard InChI is InChI=1S/C8H4N2S/c9-5-7-6-3-1-2-4-8(6)11-10-7/h1-4H. The fourth-order valence-electron chi connectivity index (χ4n) is 0.967. The summed E-state index contributed by atoms with van der Waals surface area (Å²) in [5, 5.41) is 9.58. The molecule has 0 saturated carbocycles. The number of rotatable bonds is 0. The van der Waals surface area contributed by atoms with E-state index in [0.717, 1.165) is 10.1 Å². The van der Waals surface area contributed by atoms with Crippen molar-refractivity contribution in [2.75, 3.05) is 0 Å². The van der Waals surface area contributed by atoms with Gasteiger partial charge in [-0.05, 0) is 17.6 Å². The minimum Gasteiger partial charge on any atom is -0.191 e. The largest absolute Gasteiger partial charge is 0.191 e. The molecule has 11 heavy (non-hydrogen) atoms. The Morgan fingerprint density at radius 3 is 3.00 bits per heavy atom. The first kappa shape index (κ1) is 6.32. The van der Waals surface area contributed by atoms with Crippen molar-refractivity contribution in [2.24, 2.45) is 0 Å². The van der Waals surface area contributed by atoms with Gasteiger partial charge in [-0.1, -0.05) is 18.2 Å². The highest BCUT2D eigenvalue weighted by atomic mass is 32.1. The Balaban J connectivity index is 2.89. The zero-order chi connectivity index (χ0) is 7.68. The Morgan fingerprint density at radius 1 is 1.36 bits per heavy atom. The molecule has 52 valence electrons. The molecule has 1 aromatic heterocycles. The number of aromatic nitrogens is 1. The molecule has 2 rings (SSSR count). The zero-order valence-electron chi connectivity index (χ0n) is 5.61. The van der Waals surface area contributed by atoms with Crippen LogP contribution < -0.4 is 0 Å². The van der Waals surface area contributed by atoms with E-state index in [9.17, 15) is 0 Å². The van der Waals surface area contributed by atoms with Crippen LogP contribution in [-0.2, 0) is 0 Å². The van der Waals surface area contributed by atoms with Crippen molar-refractivity contribution in [3.8, 4) is 6.07 Å². The molecule has 3 heteroatoms. The van der Waals surface area contributed by atoms with Gasteiger partial charge in [0.15, 0.2) is 5.69 Å². The quantitative estimate of drug-likeness (QED) is 0.592. The average Bonchev–Trinajstić information content (AvgIpc) is 2.47. The van der Waals surface area contributed by atoms with Gasteiger partial charge >= 0.3 is 0 Å². The third kappa shape index (κ3) is 0.883. The number of hydrogen-bond donors (Lipinski definition) is 0. The lowest BCUT2D eigenvalue weighted by Gasteiger charge is -1.83. The van der Waals surface area contributed by atoms with Crippen LogP contribution in [0.4, 0.5) is 0 Å². The molecule has 0 spiro atoms. The van der Waals surface area contributed by atoms with Crippen molar-refractivity contribution < 1.29 is 0 Å². The highest BCUT2D eigenvalue weighted by Crippen LogP contribution is 2.20.